The Bertz CT molecular complexity index is 779. The number of pyridine rings is 1. The second-order valence-corrected chi connectivity index (χ2v) is 7.88. The summed E-state index contributed by atoms with van der Waals surface area (Å²) in [4.78, 5) is 20.8. The number of carbonyl (C=O) groups excluding carboxylic acids is 1. The molecule has 1 saturated heterocycles. The minimum absolute atomic E-state index is 0.0428. The molecule has 4 nitrogen and oxygen atoms in total. The minimum atomic E-state index is -0.295. The molecule has 1 fully saturated rings. The highest BCUT2D eigenvalue weighted by atomic mass is 79.9. The van der Waals surface area contributed by atoms with Gasteiger partial charge in [0.05, 0.1) is 5.02 Å². The summed E-state index contributed by atoms with van der Waals surface area (Å²) in [5.74, 6) is 0.605. The predicted molar refractivity (Wildman–Crippen MR) is 105 cm³/mol. The molecule has 2 heterocycles. The number of halogens is 3. The van der Waals surface area contributed by atoms with Crippen molar-refractivity contribution in [1.29, 1.82) is 0 Å². The molecule has 7 heteroatoms. The lowest BCUT2D eigenvalue weighted by molar-refractivity contribution is -0.135. The van der Waals surface area contributed by atoms with Gasteiger partial charge in [-0.3, -0.25) is 4.79 Å². The van der Waals surface area contributed by atoms with E-state index in [2.05, 4.69) is 25.8 Å². The molecule has 3 rings (SSSR count). The molecule has 0 bridgehead atoms. The molecule has 0 radical (unpaired) electrons. The van der Waals surface area contributed by atoms with Crippen LogP contribution < -0.4 is 4.90 Å². The molecule has 2 aromatic rings. The van der Waals surface area contributed by atoms with Crippen LogP contribution in [0.25, 0.3) is 0 Å². The van der Waals surface area contributed by atoms with E-state index in [0.717, 1.165) is 36.2 Å². The Morgan fingerprint density at radius 2 is 2.08 bits per heavy atom. The SMILES string of the molecule is CN(Cc1cc(Br)ccc1F)C(=O)C1CCN(c2ccc(Cl)cn2)CC1. The second kappa shape index (κ2) is 8.35. The van der Waals surface area contributed by atoms with Gasteiger partial charge in [0.2, 0.25) is 5.91 Å². The summed E-state index contributed by atoms with van der Waals surface area (Å²) in [5, 5.41) is 0.611. The zero-order chi connectivity index (χ0) is 18.7. The average molecular weight is 441 g/mol. The molecule has 0 aliphatic carbocycles. The van der Waals surface area contributed by atoms with Gasteiger partial charge in [-0.05, 0) is 43.2 Å². The molecule has 1 amide bonds. The first-order chi connectivity index (χ1) is 12.4. The van der Waals surface area contributed by atoms with E-state index in [1.165, 1.54) is 6.07 Å². The molecule has 138 valence electrons. The quantitative estimate of drug-likeness (QED) is 0.702. The highest BCUT2D eigenvalue weighted by Crippen LogP contribution is 2.25. The zero-order valence-corrected chi connectivity index (χ0v) is 16.8. The normalized spacial score (nSPS) is 15.2. The van der Waals surface area contributed by atoms with Crippen molar-refractivity contribution in [2.24, 2.45) is 5.92 Å². The fraction of sp³-hybridized carbons (Fsp3) is 0.368. The Balaban J connectivity index is 1.57. The molecule has 1 aliphatic heterocycles. The van der Waals surface area contributed by atoms with E-state index in [-0.39, 0.29) is 24.2 Å². The summed E-state index contributed by atoms with van der Waals surface area (Å²) < 4.78 is 14.7. The molecule has 1 aliphatic rings. The molecule has 0 spiro atoms. The monoisotopic (exact) mass is 439 g/mol. The van der Waals surface area contributed by atoms with Gasteiger partial charge in [0.1, 0.15) is 11.6 Å². The lowest BCUT2D eigenvalue weighted by Crippen LogP contribution is -2.41. The molecule has 1 aromatic heterocycles. The zero-order valence-electron chi connectivity index (χ0n) is 14.5. The van der Waals surface area contributed by atoms with E-state index in [0.29, 0.717) is 10.6 Å². The summed E-state index contributed by atoms with van der Waals surface area (Å²) in [7, 11) is 1.73. The van der Waals surface area contributed by atoms with Crippen LogP contribution in [0.5, 0.6) is 0 Å². The van der Waals surface area contributed by atoms with Crippen molar-refractivity contribution in [3.63, 3.8) is 0 Å². The first-order valence-corrected chi connectivity index (χ1v) is 9.66. The Morgan fingerprint density at radius 3 is 2.73 bits per heavy atom. The lowest BCUT2D eigenvalue weighted by atomic mass is 9.95. The molecule has 0 saturated carbocycles. The molecule has 0 N–H and O–H groups in total. The van der Waals surface area contributed by atoms with Crippen LogP contribution in [0.15, 0.2) is 41.0 Å². The van der Waals surface area contributed by atoms with Crippen LogP contribution in [0.2, 0.25) is 5.02 Å². The highest BCUT2D eigenvalue weighted by molar-refractivity contribution is 9.10. The van der Waals surface area contributed by atoms with Gasteiger partial charge < -0.3 is 9.80 Å². The molecule has 0 atom stereocenters. The van der Waals surface area contributed by atoms with Crippen LogP contribution in [0, 0.1) is 11.7 Å². The van der Waals surface area contributed by atoms with Crippen LogP contribution in [0.1, 0.15) is 18.4 Å². The maximum absolute atomic E-state index is 13.9. The first kappa shape index (κ1) is 19.1. The number of aromatic nitrogens is 1. The largest absolute Gasteiger partial charge is 0.357 e. The number of carbonyl (C=O) groups is 1. The molecular formula is C19H20BrClFN3O. The van der Waals surface area contributed by atoms with Crippen LogP contribution >= 0.6 is 27.5 Å². The van der Waals surface area contributed by atoms with Crippen molar-refractivity contribution >= 4 is 39.3 Å². The van der Waals surface area contributed by atoms with E-state index in [9.17, 15) is 9.18 Å². The number of hydrogen-bond donors (Lipinski definition) is 0. The fourth-order valence-electron chi connectivity index (χ4n) is 3.22. The molecular weight excluding hydrogens is 421 g/mol. The molecule has 1 aromatic carbocycles. The van der Waals surface area contributed by atoms with Gasteiger partial charge in [0, 0.05) is 48.8 Å². The summed E-state index contributed by atoms with van der Waals surface area (Å²) in [5.41, 5.74) is 0.512. The third-order valence-corrected chi connectivity index (χ3v) is 5.39. The number of benzene rings is 1. The lowest BCUT2D eigenvalue weighted by Gasteiger charge is -2.34. The van der Waals surface area contributed by atoms with Crippen LogP contribution in [-0.4, -0.2) is 35.9 Å². The highest BCUT2D eigenvalue weighted by Gasteiger charge is 2.28. The van der Waals surface area contributed by atoms with Crippen molar-refractivity contribution < 1.29 is 9.18 Å². The van der Waals surface area contributed by atoms with Gasteiger partial charge in [-0.25, -0.2) is 9.37 Å². The van der Waals surface area contributed by atoms with Gasteiger partial charge in [-0.15, -0.1) is 0 Å². The van der Waals surface area contributed by atoms with Gasteiger partial charge in [-0.1, -0.05) is 27.5 Å². The summed E-state index contributed by atoms with van der Waals surface area (Å²) in [6, 6.07) is 8.50. The van der Waals surface area contributed by atoms with Crippen molar-refractivity contribution in [2.75, 3.05) is 25.0 Å². The van der Waals surface area contributed by atoms with Crippen LogP contribution in [-0.2, 0) is 11.3 Å². The molecule has 0 unspecified atom stereocenters. The van der Waals surface area contributed by atoms with Gasteiger partial charge in [-0.2, -0.15) is 0 Å². The van der Waals surface area contributed by atoms with E-state index in [1.807, 2.05) is 12.1 Å². The van der Waals surface area contributed by atoms with E-state index in [1.54, 1.807) is 30.3 Å². The maximum atomic E-state index is 13.9. The number of amides is 1. The van der Waals surface area contributed by atoms with Crippen LogP contribution in [0.3, 0.4) is 0 Å². The Labute approximate surface area is 166 Å². The van der Waals surface area contributed by atoms with Gasteiger partial charge in [0.15, 0.2) is 0 Å². The topological polar surface area (TPSA) is 36.4 Å². The number of piperidine rings is 1. The third kappa shape index (κ3) is 4.54. The van der Waals surface area contributed by atoms with Crippen molar-refractivity contribution in [2.45, 2.75) is 19.4 Å². The average Bonchev–Trinajstić information content (AvgIpc) is 2.65. The van der Waals surface area contributed by atoms with Crippen LogP contribution in [0.4, 0.5) is 10.2 Å². The molecule has 26 heavy (non-hydrogen) atoms. The predicted octanol–water partition coefficient (Wildman–Crippen LogP) is 4.51. The smallest absolute Gasteiger partial charge is 0.225 e. The second-order valence-electron chi connectivity index (χ2n) is 6.53. The Morgan fingerprint density at radius 1 is 1.35 bits per heavy atom. The number of nitrogens with zero attached hydrogens (tertiary/aromatic N) is 3. The maximum Gasteiger partial charge on any atom is 0.225 e. The summed E-state index contributed by atoms with van der Waals surface area (Å²) in [6.07, 6.45) is 3.15. The van der Waals surface area contributed by atoms with Gasteiger partial charge in [0.25, 0.3) is 0 Å². The number of hydrogen-bond acceptors (Lipinski definition) is 3. The van der Waals surface area contributed by atoms with E-state index in [4.69, 9.17) is 11.6 Å². The number of rotatable bonds is 4. The summed E-state index contributed by atoms with van der Waals surface area (Å²) >= 11 is 9.22. The standard InChI is InChI=1S/C19H20BrClFN3O/c1-24(12-14-10-15(20)2-4-17(14)22)19(26)13-6-8-25(9-7-13)18-5-3-16(21)11-23-18/h2-5,10-11,13H,6-9,12H2,1H3. The Hall–Kier alpha value is -1.66. The summed E-state index contributed by atoms with van der Waals surface area (Å²) in [6.45, 7) is 1.80. The van der Waals surface area contributed by atoms with Crippen molar-refractivity contribution in [1.82, 2.24) is 9.88 Å². The Kier molecular flexibility index (Phi) is 6.14. The number of anilines is 1. The van der Waals surface area contributed by atoms with E-state index < -0.39 is 0 Å². The first-order valence-electron chi connectivity index (χ1n) is 8.49. The van der Waals surface area contributed by atoms with Gasteiger partial charge >= 0.3 is 0 Å². The third-order valence-electron chi connectivity index (χ3n) is 4.67. The van der Waals surface area contributed by atoms with E-state index >= 15 is 0 Å². The van der Waals surface area contributed by atoms with Crippen molar-refractivity contribution in [3.05, 3.63) is 57.4 Å². The fourth-order valence-corrected chi connectivity index (χ4v) is 3.74. The van der Waals surface area contributed by atoms with Crippen molar-refractivity contribution in [3.8, 4) is 0 Å². The minimum Gasteiger partial charge on any atom is -0.357 e.